The van der Waals surface area contributed by atoms with Crippen molar-refractivity contribution >= 4 is 10.1 Å². The van der Waals surface area contributed by atoms with E-state index >= 15 is 0 Å². The van der Waals surface area contributed by atoms with Crippen LogP contribution in [0.4, 0.5) is 0 Å². The summed E-state index contributed by atoms with van der Waals surface area (Å²) < 4.78 is 26.8. The van der Waals surface area contributed by atoms with Gasteiger partial charge in [0.1, 0.15) is 0 Å². The van der Waals surface area contributed by atoms with Crippen LogP contribution in [-0.2, 0) is 14.3 Å². The van der Waals surface area contributed by atoms with Crippen LogP contribution in [0.3, 0.4) is 0 Å². The summed E-state index contributed by atoms with van der Waals surface area (Å²) in [5.41, 5.74) is 0. The zero-order valence-corrected chi connectivity index (χ0v) is 15.9. The predicted molar refractivity (Wildman–Crippen MR) is 95.7 cm³/mol. The van der Waals surface area contributed by atoms with Crippen LogP contribution in [0.1, 0.15) is 104 Å². The molecule has 0 bridgehead atoms. The highest BCUT2D eigenvalue weighted by Gasteiger charge is 2.09. The van der Waals surface area contributed by atoms with Gasteiger partial charge in [0.2, 0.25) is 0 Å². The summed E-state index contributed by atoms with van der Waals surface area (Å²) in [6.07, 6.45) is 19.1. The van der Waals surface area contributed by atoms with E-state index in [1.807, 2.05) is 6.92 Å². The molecule has 0 aromatic rings. The SMILES string of the molecule is CCCCCCCCCCCCCCCC(C)OS(C)(=O)=O. The van der Waals surface area contributed by atoms with Crippen LogP contribution in [0.5, 0.6) is 0 Å². The first-order valence-electron chi connectivity index (χ1n) is 9.34. The first-order valence-corrected chi connectivity index (χ1v) is 11.2. The Kier molecular flexibility index (Phi) is 14.4. The van der Waals surface area contributed by atoms with Gasteiger partial charge in [0.25, 0.3) is 10.1 Å². The molecule has 0 saturated carbocycles. The van der Waals surface area contributed by atoms with E-state index < -0.39 is 10.1 Å². The molecular formula is C18H38O3S. The summed E-state index contributed by atoms with van der Waals surface area (Å²) in [6, 6.07) is 0. The van der Waals surface area contributed by atoms with Crippen LogP contribution in [-0.4, -0.2) is 20.8 Å². The zero-order valence-electron chi connectivity index (χ0n) is 15.1. The van der Waals surface area contributed by atoms with Crippen molar-refractivity contribution in [3.63, 3.8) is 0 Å². The zero-order chi connectivity index (χ0) is 16.7. The molecule has 1 unspecified atom stereocenters. The van der Waals surface area contributed by atoms with E-state index in [-0.39, 0.29) is 6.10 Å². The normalized spacial score (nSPS) is 13.4. The lowest BCUT2D eigenvalue weighted by molar-refractivity contribution is 0.216. The Morgan fingerprint density at radius 2 is 1.09 bits per heavy atom. The number of hydrogen-bond donors (Lipinski definition) is 0. The highest BCUT2D eigenvalue weighted by molar-refractivity contribution is 7.86. The van der Waals surface area contributed by atoms with Crippen LogP contribution in [0.15, 0.2) is 0 Å². The maximum absolute atomic E-state index is 11.0. The fourth-order valence-corrected chi connectivity index (χ4v) is 3.49. The lowest BCUT2D eigenvalue weighted by Crippen LogP contribution is -2.13. The van der Waals surface area contributed by atoms with Crippen molar-refractivity contribution in [2.75, 3.05) is 6.26 Å². The quantitative estimate of drug-likeness (QED) is 0.263. The van der Waals surface area contributed by atoms with E-state index in [2.05, 4.69) is 6.92 Å². The minimum Gasteiger partial charge on any atom is -0.267 e. The van der Waals surface area contributed by atoms with E-state index in [9.17, 15) is 8.42 Å². The van der Waals surface area contributed by atoms with Gasteiger partial charge in [0, 0.05) is 0 Å². The molecule has 3 nitrogen and oxygen atoms in total. The highest BCUT2D eigenvalue weighted by Crippen LogP contribution is 2.14. The van der Waals surface area contributed by atoms with Crippen molar-refractivity contribution in [2.24, 2.45) is 0 Å². The van der Waals surface area contributed by atoms with E-state index in [0.717, 1.165) is 19.1 Å². The van der Waals surface area contributed by atoms with Gasteiger partial charge < -0.3 is 0 Å². The largest absolute Gasteiger partial charge is 0.267 e. The van der Waals surface area contributed by atoms with Crippen LogP contribution in [0.2, 0.25) is 0 Å². The molecule has 0 heterocycles. The number of rotatable bonds is 16. The molecule has 0 fully saturated rings. The first-order chi connectivity index (χ1) is 10.5. The van der Waals surface area contributed by atoms with Gasteiger partial charge in [-0.05, 0) is 13.3 Å². The van der Waals surface area contributed by atoms with E-state index in [1.54, 1.807) is 0 Å². The van der Waals surface area contributed by atoms with Gasteiger partial charge in [-0.3, -0.25) is 4.18 Å². The molecule has 0 aliphatic rings. The van der Waals surface area contributed by atoms with E-state index in [0.29, 0.717) is 0 Å². The Hall–Kier alpha value is -0.0900. The van der Waals surface area contributed by atoms with Gasteiger partial charge in [0.05, 0.1) is 12.4 Å². The second kappa shape index (κ2) is 14.5. The van der Waals surface area contributed by atoms with Crippen molar-refractivity contribution in [2.45, 2.75) is 110 Å². The van der Waals surface area contributed by atoms with Gasteiger partial charge in [-0.25, -0.2) is 0 Å². The molecule has 0 N–H and O–H groups in total. The standard InChI is InChI=1S/C18H38O3S/c1-4-5-6-7-8-9-10-11-12-13-14-15-16-17-18(2)21-22(3,19)20/h18H,4-17H2,1-3H3. The molecule has 0 aliphatic carbocycles. The minimum atomic E-state index is -3.29. The Bertz CT molecular complexity index is 325. The third-order valence-electron chi connectivity index (χ3n) is 4.05. The molecule has 0 aromatic carbocycles. The van der Waals surface area contributed by atoms with Gasteiger partial charge in [-0.15, -0.1) is 0 Å². The van der Waals surface area contributed by atoms with Crippen LogP contribution >= 0.6 is 0 Å². The van der Waals surface area contributed by atoms with Crippen LogP contribution in [0.25, 0.3) is 0 Å². The van der Waals surface area contributed by atoms with Crippen LogP contribution in [0, 0.1) is 0 Å². The van der Waals surface area contributed by atoms with Crippen molar-refractivity contribution < 1.29 is 12.6 Å². The molecule has 0 aromatic heterocycles. The predicted octanol–water partition coefficient (Wildman–Crippen LogP) is 5.83. The van der Waals surface area contributed by atoms with Crippen molar-refractivity contribution in [3.8, 4) is 0 Å². The van der Waals surface area contributed by atoms with Gasteiger partial charge in [-0.1, -0.05) is 90.4 Å². The average Bonchev–Trinajstić information content (AvgIpc) is 2.42. The summed E-state index contributed by atoms with van der Waals surface area (Å²) in [4.78, 5) is 0. The summed E-state index contributed by atoms with van der Waals surface area (Å²) >= 11 is 0. The lowest BCUT2D eigenvalue weighted by atomic mass is 10.0. The van der Waals surface area contributed by atoms with E-state index in [1.165, 1.54) is 77.0 Å². The molecule has 22 heavy (non-hydrogen) atoms. The highest BCUT2D eigenvalue weighted by atomic mass is 32.2. The smallest absolute Gasteiger partial charge is 0.264 e. The number of unbranched alkanes of at least 4 members (excludes halogenated alkanes) is 12. The number of hydrogen-bond acceptors (Lipinski definition) is 3. The average molecular weight is 335 g/mol. The van der Waals surface area contributed by atoms with Gasteiger partial charge in [0.15, 0.2) is 0 Å². The molecule has 0 amide bonds. The van der Waals surface area contributed by atoms with Crippen molar-refractivity contribution in [1.82, 2.24) is 0 Å². The first kappa shape index (κ1) is 21.9. The molecule has 0 radical (unpaired) electrons. The molecule has 0 rings (SSSR count). The second-order valence-corrected chi connectivity index (χ2v) is 8.24. The Labute approximate surface area is 139 Å². The molecule has 0 aliphatic heterocycles. The maximum Gasteiger partial charge on any atom is 0.264 e. The van der Waals surface area contributed by atoms with Gasteiger partial charge in [-0.2, -0.15) is 8.42 Å². The molecule has 1 atom stereocenters. The minimum absolute atomic E-state index is 0.178. The molecule has 134 valence electrons. The fourth-order valence-electron chi connectivity index (χ4n) is 2.80. The topological polar surface area (TPSA) is 43.4 Å². The monoisotopic (exact) mass is 334 g/mol. The summed E-state index contributed by atoms with van der Waals surface area (Å²) in [5, 5.41) is 0. The fraction of sp³-hybridized carbons (Fsp3) is 1.00. The molecule has 0 spiro atoms. The van der Waals surface area contributed by atoms with Crippen molar-refractivity contribution in [3.05, 3.63) is 0 Å². The summed E-state index contributed by atoms with van der Waals surface area (Å²) in [6.45, 7) is 4.10. The van der Waals surface area contributed by atoms with Crippen LogP contribution < -0.4 is 0 Å². The third kappa shape index (κ3) is 18.0. The second-order valence-electron chi connectivity index (χ2n) is 6.64. The third-order valence-corrected chi connectivity index (χ3v) is 4.73. The lowest BCUT2D eigenvalue weighted by Gasteiger charge is -2.10. The molecule has 0 saturated heterocycles. The Balaban J connectivity index is 3.17. The van der Waals surface area contributed by atoms with E-state index in [4.69, 9.17) is 4.18 Å². The Morgan fingerprint density at radius 1 is 0.727 bits per heavy atom. The summed E-state index contributed by atoms with van der Waals surface area (Å²) in [7, 11) is -3.29. The maximum atomic E-state index is 11.0. The molecular weight excluding hydrogens is 296 g/mol. The van der Waals surface area contributed by atoms with Crippen molar-refractivity contribution in [1.29, 1.82) is 0 Å². The van der Waals surface area contributed by atoms with Gasteiger partial charge >= 0.3 is 0 Å². The molecule has 4 heteroatoms. The Morgan fingerprint density at radius 3 is 1.45 bits per heavy atom. The summed E-state index contributed by atoms with van der Waals surface area (Å²) in [5.74, 6) is 0.